The van der Waals surface area contributed by atoms with Crippen molar-refractivity contribution in [3.8, 4) is 0 Å². The molecule has 0 saturated heterocycles. The van der Waals surface area contributed by atoms with Gasteiger partial charge in [-0.1, -0.05) is 11.6 Å². The minimum absolute atomic E-state index is 0.434. The quantitative estimate of drug-likeness (QED) is 0.839. The van der Waals surface area contributed by atoms with Crippen LogP contribution in [0.4, 0.5) is 5.13 Å². The molecule has 4 N–H and O–H groups in total. The average Bonchev–Trinajstić information content (AvgIpc) is 2.69. The number of thiazole rings is 1. The van der Waals surface area contributed by atoms with Gasteiger partial charge in [0.1, 0.15) is 0 Å². The molecule has 4 nitrogen and oxygen atoms in total. The van der Waals surface area contributed by atoms with E-state index in [1.165, 1.54) is 16.2 Å². The first kappa shape index (κ1) is 11.9. The summed E-state index contributed by atoms with van der Waals surface area (Å²) in [4.78, 5) is 9.85. The van der Waals surface area contributed by atoms with Crippen LogP contribution in [0.5, 0.6) is 0 Å². The molecule has 0 bridgehead atoms. The molecule has 0 amide bonds. The van der Waals surface area contributed by atoms with Crippen molar-refractivity contribution < 1.29 is 0 Å². The maximum Gasteiger partial charge on any atom is 0.180 e. The summed E-state index contributed by atoms with van der Waals surface area (Å²) in [6.07, 6.45) is 4.07. The molecule has 0 aliphatic heterocycles. The standard InChI is InChI=1S/C12H13ClN4S/c13-7-1-2-10(16-6-7)12(15)4-3-8-9(5-12)18-11(14)17-8/h1-2,6H,3-5,15H2,(H2,14,17). The lowest BCUT2D eigenvalue weighted by atomic mass is 9.81. The molecule has 0 aromatic carbocycles. The summed E-state index contributed by atoms with van der Waals surface area (Å²) in [6.45, 7) is 0. The van der Waals surface area contributed by atoms with Gasteiger partial charge in [0.25, 0.3) is 0 Å². The van der Waals surface area contributed by atoms with Crippen molar-refractivity contribution in [2.24, 2.45) is 5.73 Å². The Hall–Kier alpha value is -1.17. The molecule has 1 atom stereocenters. The van der Waals surface area contributed by atoms with Gasteiger partial charge in [0, 0.05) is 17.5 Å². The molecule has 0 spiro atoms. The zero-order chi connectivity index (χ0) is 12.8. The van der Waals surface area contributed by atoms with Crippen LogP contribution in [0.2, 0.25) is 5.02 Å². The summed E-state index contributed by atoms with van der Waals surface area (Å²) in [5.74, 6) is 0. The minimum atomic E-state index is -0.434. The van der Waals surface area contributed by atoms with Gasteiger partial charge in [-0.15, -0.1) is 11.3 Å². The first-order valence-corrected chi connectivity index (χ1v) is 6.91. The Labute approximate surface area is 114 Å². The van der Waals surface area contributed by atoms with E-state index in [2.05, 4.69) is 9.97 Å². The number of rotatable bonds is 1. The van der Waals surface area contributed by atoms with Crippen LogP contribution in [-0.2, 0) is 18.4 Å². The number of fused-ring (bicyclic) bond motifs is 1. The zero-order valence-electron chi connectivity index (χ0n) is 9.69. The van der Waals surface area contributed by atoms with E-state index in [4.69, 9.17) is 23.1 Å². The van der Waals surface area contributed by atoms with Gasteiger partial charge in [0.15, 0.2) is 5.13 Å². The number of aryl methyl sites for hydroxylation is 1. The average molecular weight is 281 g/mol. The third-order valence-electron chi connectivity index (χ3n) is 3.32. The van der Waals surface area contributed by atoms with Gasteiger partial charge in [-0.25, -0.2) is 4.98 Å². The number of aromatic nitrogens is 2. The topological polar surface area (TPSA) is 77.8 Å². The van der Waals surface area contributed by atoms with Gasteiger partial charge < -0.3 is 11.5 Å². The number of nitrogens with two attached hydrogens (primary N) is 2. The predicted octanol–water partition coefficient (Wildman–Crippen LogP) is 2.12. The fourth-order valence-electron chi connectivity index (χ4n) is 2.34. The lowest BCUT2D eigenvalue weighted by molar-refractivity contribution is 0.376. The molecule has 2 aromatic rings. The van der Waals surface area contributed by atoms with E-state index in [-0.39, 0.29) is 0 Å². The van der Waals surface area contributed by atoms with Crippen LogP contribution in [0.3, 0.4) is 0 Å². The van der Waals surface area contributed by atoms with E-state index in [0.29, 0.717) is 10.2 Å². The highest BCUT2D eigenvalue weighted by atomic mass is 35.5. The van der Waals surface area contributed by atoms with E-state index < -0.39 is 5.54 Å². The van der Waals surface area contributed by atoms with Crippen LogP contribution in [0.25, 0.3) is 0 Å². The first-order chi connectivity index (χ1) is 8.57. The van der Waals surface area contributed by atoms with E-state index in [1.54, 1.807) is 6.20 Å². The third-order valence-corrected chi connectivity index (χ3v) is 4.47. The Morgan fingerprint density at radius 1 is 1.39 bits per heavy atom. The lowest BCUT2D eigenvalue weighted by Gasteiger charge is -2.32. The van der Waals surface area contributed by atoms with Gasteiger partial charge in [-0.2, -0.15) is 0 Å². The molecule has 2 aromatic heterocycles. The van der Waals surface area contributed by atoms with E-state index in [0.717, 1.165) is 30.7 Å². The number of halogens is 1. The second-order valence-electron chi connectivity index (χ2n) is 4.62. The van der Waals surface area contributed by atoms with Crippen molar-refractivity contribution in [1.29, 1.82) is 0 Å². The molecule has 3 rings (SSSR count). The number of nitrogen functional groups attached to an aromatic ring is 1. The van der Waals surface area contributed by atoms with Gasteiger partial charge in [0.05, 0.1) is 21.9 Å². The molecule has 1 unspecified atom stereocenters. The zero-order valence-corrected chi connectivity index (χ0v) is 11.3. The Bertz CT molecular complexity index is 580. The van der Waals surface area contributed by atoms with Gasteiger partial charge in [-0.05, 0) is 25.0 Å². The molecule has 0 fully saturated rings. The van der Waals surface area contributed by atoms with Crippen molar-refractivity contribution >= 4 is 28.1 Å². The predicted molar refractivity (Wildman–Crippen MR) is 73.7 cm³/mol. The molecule has 0 saturated carbocycles. The number of hydrogen-bond donors (Lipinski definition) is 2. The molecule has 1 aliphatic rings. The Balaban J connectivity index is 1.95. The summed E-state index contributed by atoms with van der Waals surface area (Å²) >= 11 is 7.38. The second kappa shape index (κ2) is 4.19. The molecule has 94 valence electrons. The van der Waals surface area contributed by atoms with Crippen LogP contribution >= 0.6 is 22.9 Å². The number of anilines is 1. The summed E-state index contributed by atoms with van der Waals surface area (Å²) in [5.41, 5.74) is 13.8. The van der Waals surface area contributed by atoms with Crippen LogP contribution in [0.15, 0.2) is 18.3 Å². The van der Waals surface area contributed by atoms with Crippen LogP contribution < -0.4 is 11.5 Å². The Morgan fingerprint density at radius 2 is 2.22 bits per heavy atom. The third kappa shape index (κ3) is 1.98. The van der Waals surface area contributed by atoms with Crippen LogP contribution in [0, 0.1) is 0 Å². The molecular weight excluding hydrogens is 268 g/mol. The minimum Gasteiger partial charge on any atom is -0.375 e. The van der Waals surface area contributed by atoms with Crippen molar-refractivity contribution in [3.05, 3.63) is 39.6 Å². The SMILES string of the molecule is Nc1nc2c(s1)CC(N)(c1ccc(Cl)cn1)CC2. The lowest BCUT2D eigenvalue weighted by Crippen LogP contribution is -2.42. The number of pyridine rings is 1. The highest BCUT2D eigenvalue weighted by Gasteiger charge is 2.35. The maximum absolute atomic E-state index is 6.49. The van der Waals surface area contributed by atoms with E-state index in [9.17, 15) is 0 Å². The molecule has 1 aliphatic carbocycles. The molecule has 6 heteroatoms. The largest absolute Gasteiger partial charge is 0.375 e. The van der Waals surface area contributed by atoms with Crippen LogP contribution in [0.1, 0.15) is 22.7 Å². The molecule has 2 heterocycles. The fraction of sp³-hybridized carbons (Fsp3) is 0.333. The summed E-state index contributed by atoms with van der Waals surface area (Å²) in [6, 6.07) is 3.73. The smallest absolute Gasteiger partial charge is 0.180 e. The Kier molecular flexibility index (Phi) is 2.77. The Morgan fingerprint density at radius 3 is 2.94 bits per heavy atom. The maximum atomic E-state index is 6.49. The second-order valence-corrected chi connectivity index (χ2v) is 6.17. The summed E-state index contributed by atoms with van der Waals surface area (Å²) in [7, 11) is 0. The number of nitrogens with zero attached hydrogens (tertiary/aromatic N) is 2. The highest BCUT2D eigenvalue weighted by molar-refractivity contribution is 7.15. The first-order valence-electron chi connectivity index (χ1n) is 5.72. The van der Waals surface area contributed by atoms with Crippen molar-refractivity contribution in [2.75, 3.05) is 5.73 Å². The van der Waals surface area contributed by atoms with Crippen LogP contribution in [-0.4, -0.2) is 9.97 Å². The van der Waals surface area contributed by atoms with Gasteiger partial charge in [0.2, 0.25) is 0 Å². The summed E-state index contributed by atoms with van der Waals surface area (Å²) in [5, 5.41) is 1.24. The van der Waals surface area contributed by atoms with E-state index >= 15 is 0 Å². The highest BCUT2D eigenvalue weighted by Crippen LogP contribution is 2.37. The monoisotopic (exact) mass is 280 g/mol. The van der Waals surface area contributed by atoms with E-state index in [1.807, 2.05) is 12.1 Å². The molecule has 0 radical (unpaired) electrons. The van der Waals surface area contributed by atoms with Crippen molar-refractivity contribution in [2.45, 2.75) is 24.8 Å². The van der Waals surface area contributed by atoms with Crippen molar-refractivity contribution in [1.82, 2.24) is 9.97 Å². The summed E-state index contributed by atoms with van der Waals surface area (Å²) < 4.78 is 0. The van der Waals surface area contributed by atoms with Crippen molar-refractivity contribution in [3.63, 3.8) is 0 Å². The van der Waals surface area contributed by atoms with Gasteiger partial charge >= 0.3 is 0 Å². The number of hydrogen-bond acceptors (Lipinski definition) is 5. The van der Waals surface area contributed by atoms with Gasteiger partial charge in [-0.3, -0.25) is 4.98 Å². The molecular formula is C12H13ClN4S. The normalized spacial score (nSPS) is 22.8. The molecule has 18 heavy (non-hydrogen) atoms. The fourth-order valence-corrected chi connectivity index (χ4v) is 3.46.